The Morgan fingerprint density at radius 3 is 2.66 bits per heavy atom. The standard InChI is InChI=1S/C27H35N3O2/c1-20-26(22-11-8-12-24(17-22)32-19-21-9-4-2-5-10-21)30-18-23(13-14-25(30)28-20)27(31)29-15-6-3-7-16-29/h8,11-14,17-18,20-21,26H,2-7,9-10,15-16,19H2,1H3. The normalized spacial score (nSPS) is 25.9. The third kappa shape index (κ3) is 4.48. The molecule has 1 aliphatic carbocycles. The highest BCUT2D eigenvalue weighted by Gasteiger charge is 2.35. The minimum atomic E-state index is 0.0809. The molecule has 1 saturated heterocycles. The molecule has 2 atom stereocenters. The summed E-state index contributed by atoms with van der Waals surface area (Å²) < 4.78 is 6.21. The molecule has 5 nitrogen and oxygen atoms in total. The molecule has 4 aliphatic rings. The number of benzene rings is 1. The fourth-order valence-electron chi connectivity index (χ4n) is 5.55. The number of amidine groups is 1. The average Bonchev–Trinajstić information content (AvgIpc) is 3.18. The van der Waals surface area contributed by atoms with E-state index in [0.29, 0.717) is 5.92 Å². The first kappa shape index (κ1) is 21.3. The van der Waals surface area contributed by atoms with Gasteiger partial charge in [0.25, 0.3) is 5.91 Å². The van der Waals surface area contributed by atoms with Gasteiger partial charge in [0, 0.05) is 19.3 Å². The number of amides is 1. The van der Waals surface area contributed by atoms with Crippen LogP contribution in [0.25, 0.3) is 0 Å². The number of carbonyl (C=O) groups is 1. The second-order valence-electron chi connectivity index (χ2n) is 9.74. The molecule has 170 valence electrons. The van der Waals surface area contributed by atoms with Crippen molar-refractivity contribution < 1.29 is 9.53 Å². The van der Waals surface area contributed by atoms with Gasteiger partial charge < -0.3 is 14.5 Å². The lowest BCUT2D eigenvalue weighted by molar-refractivity contribution is -0.127. The number of likely N-dealkylation sites (tertiary alicyclic amines) is 1. The molecule has 32 heavy (non-hydrogen) atoms. The van der Waals surface area contributed by atoms with Gasteiger partial charge in [-0.15, -0.1) is 0 Å². The Morgan fingerprint density at radius 1 is 1.06 bits per heavy atom. The van der Waals surface area contributed by atoms with Gasteiger partial charge in [-0.25, -0.2) is 0 Å². The lowest BCUT2D eigenvalue weighted by Crippen LogP contribution is -2.38. The van der Waals surface area contributed by atoms with Gasteiger partial charge >= 0.3 is 0 Å². The maximum absolute atomic E-state index is 13.1. The Bertz CT molecular complexity index is 923. The summed E-state index contributed by atoms with van der Waals surface area (Å²) >= 11 is 0. The third-order valence-corrected chi connectivity index (χ3v) is 7.35. The van der Waals surface area contributed by atoms with Gasteiger partial charge in [0.1, 0.15) is 11.6 Å². The number of rotatable bonds is 5. The molecule has 2 fully saturated rings. The predicted octanol–water partition coefficient (Wildman–Crippen LogP) is 5.26. The van der Waals surface area contributed by atoms with Crippen LogP contribution in [0.3, 0.4) is 0 Å². The van der Waals surface area contributed by atoms with E-state index >= 15 is 0 Å². The van der Waals surface area contributed by atoms with Gasteiger partial charge in [-0.3, -0.25) is 9.79 Å². The minimum Gasteiger partial charge on any atom is -0.493 e. The highest BCUT2D eigenvalue weighted by molar-refractivity contribution is 6.04. The SMILES string of the molecule is CC1N=C2C=CC(C(=O)N3CCCCC3)=CN2C1c1cccc(OCC2CCCCC2)c1. The van der Waals surface area contributed by atoms with Crippen LogP contribution in [-0.4, -0.2) is 47.3 Å². The number of nitrogens with zero attached hydrogens (tertiary/aromatic N) is 3. The number of hydrogen-bond acceptors (Lipinski definition) is 4. The van der Waals surface area contributed by atoms with Crippen molar-refractivity contribution in [3.8, 4) is 5.75 Å². The van der Waals surface area contributed by atoms with E-state index in [1.807, 2.05) is 23.3 Å². The molecule has 0 radical (unpaired) electrons. The van der Waals surface area contributed by atoms with Crippen LogP contribution < -0.4 is 4.74 Å². The first-order chi connectivity index (χ1) is 15.7. The predicted molar refractivity (Wildman–Crippen MR) is 128 cm³/mol. The number of carbonyl (C=O) groups excluding carboxylic acids is 1. The van der Waals surface area contributed by atoms with Crippen LogP contribution in [0, 0.1) is 5.92 Å². The fraction of sp³-hybridized carbons (Fsp3) is 0.556. The molecule has 3 aliphatic heterocycles. The number of piperidine rings is 1. The first-order valence-corrected chi connectivity index (χ1v) is 12.5. The molecule has 1 saturated carbocycles. The van der Waals surface area contributed by atoms with E-state index in [9.17, 15) is 4.79 Å². The lowest BCUT2D eigenvalue weighted by atomic mass is 9.90. The van der Waals surface area contributed by atoms with Crippen molar-refractivity contribution in [1.29, 1.82) is 0 Å². The van der Waals surface area contributed by atoms with Gasteiger partial charge in [-0.05, 0) is 74.8 Å². The van der Waals surface area contributed by atoms with Crippen LogP contribution in [0.4, 0.5) is 0 Å². The summed E-state index contributed by atoms with van der Waals surface area (Å²) in [6.45, 7) is 4.70. The Kier molecular flexibility index (Phi) is 6.33. The molecule has 0 N–H and O–H groups in total. The highest BCUT2D eigenvalue weighted by atomic mass is 16.5. The molecule has 5 rings (SSSR count). The summed E-state index contributed by atoms with van der Waals surface area (Å²) in [5.74, 6) is 2.70. The van der Waals surface area contributed by atoms with E-state index in [-0.39, 0.29) is 18.0 Å². The van der Waals surface area contributed by atoms with Crippen molar-refractivity contribution in [2.75, 3.05) is 19.7 Å². The Hall–Kier alpha value is -2.56. The number of aliphatic imine (C=N–C) groups is 1. The van der Waals surface area contributed by atoms with Crippen LogP contribution in [0.5, 0.6) is 5.75 Å². The zero-order chi connectivity index (χ0) is 21.9. The topological polar surface area (TPSA) is 45.1 Å². The van der Waals surface area contributed by atoms with Crippen LogP contribution in [0.2, 0.25) is 0 Å². The number of hydrogen-bond donors (Lipinski definition) is 0. The second-order valence-corrected chi connectivity index (χ2v) is 9.74. The zero-order valence-corrected chi connectivity index (χ0v) is 19.2. The molecule has 0 aromatic heterocycles. The van der Waals surface area contributed by atoms with Gasteiger partial charge in [0.2, 0.25) is 0 Å². The van der Waals surface area contributed by atoms with Crippen LogP contribution in [0.1, 0.15) is 69.9 Å². The highest BCUT2D eigenvalue weighted by Crippen LogP contribution is 2.36. The molecule has 0 bridgehead atoms. The Labute approximate surface area is 191 Å². The molecule has 1 aromatic rings. The second kappa shape index (κ2) is 9.51. The Morgan fingerprint density at radius 2 is 1.84 bits per heavy atom. The van der Waals surface area contributed by atoms with Crippen molar-refractivity contribution in [1.82, 2.24) is 9.80 Å². The van der Waals surface area contributed by atoms with Gasteiger partial charge in [0.05, 0.1) is 24.3 Å². The van der Waals surface area contributed by atoms with Crippen LogP contribution >= 0.6 is 0 Å². The van der Waals surface area contributed by atoms with Crippen molar-refractivity contribution >= 4 is 11.7 Å². The largest absolute Gasteiger partial charge is 0.493 e. The average molecular weight is 434 g/mol. The molecule has 1 aromatic carbocycles. The van der Waals surface area contributed by atoms with E-state index in [4.69, 9.17) is 9.73 Å². The quantitative estimate of drug-likeness (QED) is 0.637. The summed E-state index contributed by atoms with van der Waals surface area (Å²) in [6, 6.07) is 8.66. The summed E-state index contributed by atoms with van der Waals surface area (Å²) in [4.78, 5) is 22.1. The smallest absolute Gasteiger partial charge is 0.255 e. The summed E-state index contributed by atoms with van der Waals surface area (Å²) in [5, 5.41) is 0. The van der Waals surface area contributed by atoms with Crippen molar-refractivity contribution in [3.05, 3.63) is 53.8 Å². The molecule has 3 heterocycles. The molecular weight excluding hydrogens is 398 g/mol. The van der Waals surface area contributed by atoms with Crippen LogP contribution in [0.15, 0.2) is 53.2 Å². The zero-order valence-electron chi connectivity index (χ0n) is 19.2. The van der Waals surface area contributed by atoms with Crippen molar-refractivity contribution in [3.63, 3.8) is 0 Å². The molecule has 0 spiro atoms. The van der Waals surface area contributed by atoms with E-state index in [1.165, 1.54) is 44.1 Å². The first-order valence-electron chi connectivity index (χ1n) is 12.5. The lowest BCUT2D eigenvalue weighted by Gasteiger charge is -2.31. The van der Waals surface area contributed by atoms with E-state index < -0.39 is 0 Å². The van der Waals surface area contributed by atoms with E-state index in [1.54, 1.807) is 0 Å². The Balaban J connectivity index is 1.31. The molecule has 2 unspecified atom stereocenters. The van der Waals surface area contributed by atoms with Crippen molar-refractivity contribution in [2.24, 2.45) is 10.9 Å². The third-order valence-electron chi connectivity index (χ3n) is 7.35. The number of fused-ring (bicyclic) bond motifs is 1. The monoisotopic (exact) mass is 433 g/mol. The minimum absolute atomic E-state index is 0.0809. The maximum Gasteiger partial charge on any atom is 0.255 e. The van der Waals surface area contributed by atoms with E-state index in [0.717, 1.165) is 49.7 Å². The maximum atomic E-state index is 13.1. The van der Waals surface area contributed by atoms with Gasteiger partial charge in [-0.1, -0.05) is 31.4 Å². The van der Waals surface area contributed by atoms with Crippen molar-refractivity contribution in [2.45, 2.75) is 70.4 Å². The van der Waals surface area contributed by atoms with Gasteiger partial charge in [-0.2, -0.15) is 0 Å². The molecule has 1 amide bonds. The fourth-order valence-corrected chi connectivity index (χ4v) is 5.55. The molecule has 5 heteroatoms. The number of ether oxygens (including phenoxy) is 1. The summed E-state index contributed by atoms with van der Waals surface area (Å²) in [5.41, 5.74) is 1.95. The van der Waals surface area contributed by atoms with Gasteiger partial charge in [0.15, 0.2) is 0 Å². The summed E-state index contributed by atoms with van der Waals surface area (Å²) in [7, 11) is 0. The van der Waals surface area contributed by atoms with E-state index in [2.05, 4.69) is 36.1 Å². The summed E-state index contributed by atoms with van der Waals surface area (Å²) in [6.07, 6.45) is 16.0. The van der Waals surface area contributed by atoms with Crippen LogP contribution in [-0.2, 0) is 4.79 Å². The molecular formula is C27H35N3O2.